The van der Waals surface area contributed by atoms with E-state index in [4.69, 9.17) is 4.52 Å². The third kappa shape index (κ3) is 2.78. The smallest absolute Gasteiger partial charge is 0.251 e. The van der Waals surface area contributed by atoms with Crippen LogP contribution in [0.15, 0.2) is 47.0 Å². The van der Waals surface area contributed by atoms with Crippen molar-refractivity contribution in [2.75, 3.05) is 6.54 Å². The van der Waals surface area contributed by atoms with Crippen molar-refractivity contribution in [3.8, 4) is 11.3 Å². The Bertz CT molecular complexity index is 956. The second-order valence-corrected chi connectivity index (χ2v) is 7.16. The van der Waals surface area contributed by atoms with Crippen molar-refractivity contribution in [2.45, 2.75) is 32.9 Å². The first kappa shape index (κ1) is 16.8. The molecule has 0 fully saturated rings. The van der Waals surface area contributed by atoms with Crippen LogP contribution in [0.25, 0.3) is 22.0 Å². The highest BCUT2D eigenvalue weighted by Gasteiger charge is 2.31. The van der Waals surface area contributed by atoms with Gasteiger partial charge in [0, 0.05) is 24.1 Å². The number of aliphatic hydroxyl groups excluding tert-OH is 1. The van der Waals surface area contributed by atoms with Gasteiger partial charge in [0.25, 0.3) is 5.91 Å². The van der Waals surface area contributed by atoms with Gasteiger partial charge in [-0.2, -0.15) is 0 Å². The van der Waals surface area contributed by atoms with E-state index >= 15 is 0 Å². The lowest BCUT2D eigenvalue weighted by Gasteiger charge is -2.29. The molecular weight excluding hydrogens is 328 g/mol. The highest BCUT2D eigenvalue weighted by molar-refractivity contribution is 5.96. The van der Waals surface area contributed by atoms with E-state index in [0.717, 1.165) is 33.4 Å². The molecule has 5 heteroatoms. The van der Waals surface area contributed by atoms with Crippen molar-refractivity contribution in [2.24, 2.45) is 5.92 Å². The Hall–Kier alpha value is -2.66. The summed E-state index contributed by atoms with van der Waals surface area (Å²) in [5.74, 6) is 0.496. The molecule has 2 heterocycles. The second kappa shape index (κ2) is 6.57. The van der Waals surface area contributed by atoms with Crippen LogP contribution in [0.2, 0.25) is 0 Å². The summed E-state index contributed by atoms with van der Waals surface area (Å²) >= 11 is 0. The summed E-state index contributed by atoms with van der Waals surface area (Å²) in [7, 11) is 0. The summed E-state index contributed by atoms with van der Waals surface area (Å²) in [4.78, 5) is 14.3. The van der Waals surface area contributed by atoms with E-state index in [1.54, 1.807) is 4.90 Å². The van der Waals surface area contributed by atoms with Crippen LogP contribution >= 0.6 is 0 Å². The van der Waals surface area contributed by atoms with Crippen molar-refractivity contribution in [1.29, 1.82) is 0 Å². The molecule has 26 heavy (non-hydrogen) atoms. The predicted molar refractivity (Wildman–Crippen MR) is 99.4 cm³/mol. The molecule has 0 radical (unpaired) electrons. The Morgan fingerprint density at radius 3 is 2.77 bits per heavy atom. The first-order valence-corrected chi connectivity index (χ1v) is 8.98. The Balaban J connectivity index is 1.72. The van der Waals surface area contributed by atoms with Crippen LogP contribution in [-0.4, -0.2) is 33.7 Å². The molecule has 0 spiro atoms. The molecule has 0 unspecified atom stereocenters. The van der Waals surface area contributed by atoms with E-state index < -0.39 is 6.10 Å². The number of benzene rings is 2. The zero-order valence-corrected chi connectivity index (χ0v) is 15.0. The molecule has 134 valence electrons. The summed E-state index contributed by atoms with van der Waals surface area (Å²) in [6.07, 6.45) is -0.360. The summed E-state index contributed by atoms with van der Waals surface area (Å²) in [5, 5.41) is 16.7. The number of hydrogen-bond donors (Lipinski definition) is 1. The molecule has 1 amide bonds. The summed E-state index contributed by atoms with van der Waals surface area (Å²) in [6.45, 7) is 4.65. The van der Waals surface area contributed by atoms with Gasteiger partial charge in [-0.3, -0.25) is 4.79 Å². The number of hydrogen-bond acceptors (Lipinski definition) is 4. The van der Waals surface area contributed by atoms with Gasteiger partial charge in [0.1, 0.15) is 17.6 Å². The standard InChI is InChI=1S/C21H22N2O3/c1-13(2)20(24)21(25)23-11-10-18-17(12-23)19(22-26-18)16-9-5-7-14-6-3-4-8-15(14)16/h3-9,13,20,24H,10-12H2,1-2H3/t20-/m1/s1. The molecule has 0 aliphatic carbocycles. The second-order valence-electron chi connectivity index (χ2n) is 7.16. The lowest BCUT2D eigenvalue weighted by molar-refractivity contribution is -0.143. The number of fused-ring (bicyclic) bond motifs is 2. The topological polar surface area (TPSA) is 66.6 Å². The van der Waals surface area contributed by atoms with Gasteiger partial charge in [0.05, 0.1) is 6.54 Å². The molecule has 1 aliphatic heterocycles. The summed E-state index contributed by atoms with van der Waals surface area (Å²) < 4.78 is 5.58. The van der Waals surface area contributed by atoms with E-state index in [0.29, 0.717) is 19.5 Å². The van der Waals surface area contributed by atoms with Gasteiger partial charge in [-0.25, -0.2) is 0 Å². The molecule has 0 bridgehead atoms. The molecule has 0 saturated heterocycles. The summed E-state index contributed by atoms with van der Waals surface area (Å²) in [5.41, 5.74) is 2.73. The van der Waals surface area contributed by atoms with E-state index in [-0.39, 0.29) is 11.8 Å². The molecule has 5 nitrogen and oxygen atoms in total. The SMILES string of the molecule is CC(C)[C@@H](O)C(=O)N1CCc2onc(-c3cccc4ccccc34)c2C1. The highest BCUT2D eigenvalue weighted by atomic mass is 16.5. The maximum absolute atomic E-state index is 12.6. The van der Waals surface area contributed by atoms with E-state index in [9.17, 15) is 9.90 Å². The quantitative estimate of drug-likeness (QED) is 0.786. The number of aromatic nitrogens is 1. The molecule has 1 N–H and O–H groups in total. The minimum Gasteiger partial charge on any atom is -0.383 e. The fourth-order valence-corrected chi connectivity index (χ4v) is 3.51. The lowest BCUT2D eigenvalue weighted by atomic mass is 9.96. The Morgan fingerprint density at radius 2 is 1.96 bits per heavy atom. The fourth-order valence-electron chi connectivity index (χ4n) is 3.51. The van der Waals surface area contributed by atoms with Gasteiger partial charge in [0.2, 0.25) is 0 Å². The molecule has 0 saturated carbocycles. The Morgan fingerprint density at radius 1 is 1.19 bits per heavy atom. The summed E-state index contributed by atoms with van der Waals surface area (Å²) in [6, 6.07) is 14.3. The number of amides is 1. The van der Waals surface area contributed by atoms with Gasteiger partial charge in [-0.15, -0.1) is 0 Å². The predicted octanol–water partition coefficient (Wildman–Crippen LogP) is 3.40. The van der Waals surface area contributed by atoms with Gasteiger partial charge < -0.3 is 14.5 Å². The van der Waals surface area contributed by atoms with Crippen LogP contribution in [0.4, 0.5) is 0 Å². The number of rotatable bonds is 3. The molecule has 2 aromatic carbocycles. The number of aliphatic hydroxyl groups is 1. The minimum absolute atomic E-state index is 0.107. The van der Waals surface area contributed by atoms with Crippen molar-refractivity contribution in [3.05, 3.63) is 53.8 Å². The monoisotopic (exact) mass is 350 g/mol. The molecule has 1 aliphatic rings. The Labute approximate surface area is 152 Å². The van der Waals surface area contributed by atoms with E-state index in [1.807, 2.05) is 38.1 Å². The zero-order valence-electron chi connectivity index (χ0n) is 15.0. The maximum Gasteiger partial charge on any atom is 0.251 e. The maximum atomic E-state index is 12.6. The van der Waals surface area contributed by atoms with E-state index in [1.165, 1.54) is 0 Å². The minimum atomic E-state index is -0.975. The van der Waals surface area contributed by atoms with Crippen LogP contribution in [-0.2, 0) is 17.8 Å². The van der Waals surface area contributed by atoms with Gasteiger partial charge >= 0.3 is 0 Å². The van der Waals surface area contributed by atoms with Crippen LogP contribution in [0.1, 0.15) is 25.2 Å². The van der Waals surface area contributed by atoms with E-state index in [2.05, 4.69) is 23.4 Å². The Kier molecular flexibility index (Phi) is 4.24. The third-order valence-electron chi connectivity index (χ3n) is 5.07. The lowest BCUT2D eigenvalue weighted by Crippen LogP contribution is -2.43. The van der Waals surface area contributed by atoms with Gasteiger partial charge in [-0.1, -0.05) is 61.5 Å². The molecule has 4 rings (SSSR count). The van der Waals surface area contributed by atoms with Crippen LogP contribution in [0, 0.1) is 5.92 Å². The number of carbonyl (C=O) groups is 1. The van der Waals surface area contributed by atoms with Gasteiger partial charge in [0.15, 0.2) is 0 Å². The van der Waals surface area contributed by atoms with Crippen LogP contribution in [0.5, 0.6) is 0 Å². The first-order valence-electron chi connectivity index (χ1n) is 8.98. The number of carbonyl (C=O) groups excluding carboxylic acids is 1. The van der Waals surface area contributed by atoms with Crippen LogP contribution in [0.3, 0.4) is 0 Å². The molecule has 3 aromatic rings. The average Bonchev–Trinajstić information content (AvgIpc) is 3.09. The van der Waals surface area contributed by atoms with Gasteiger partial charge in [-0.05, 0) is 16.7 Å². The third-order valence-corrected chi connectivity index (χ3v) is 5.07. The number of nitrogens with zero attached hydrogens (tertiary/aromatic N) is 2. The first-order chi connectivity index (χ1) is 12.6. The van der Waals surface area contributed by atoms with Crippen molar-refractivity contribution < 1.29 is 14.4 Å². The highest BCUT2D eigenvalue weighted by Crippen LogP contribution is 2.34. The molecular formula is C21H22N2O3. The average molecular weight is 350 g/mol. The normalized spacial score (nSPS) is 15.3. The van der Waals surface area contributed by atoms with Crippen LogP contribution < -0.4 is 0 Å². The zero-order chi connectivity index (χ0) is 18.3. The molecule has 1 aromatic heterocycles. The largest absolute Gasteiger partial charge is 0.383 e. The van der Waals surface area contributed by atoms with Crippen molar-refractivity contribution >= 4 is 16.7 Å². The van der Waals surface area contributed by atoms with Crippen molar-refractivity contribution in [3.63, 3.8) is 0 Å². The molecule has 1 atom stereocenters. The fraction of sp³-hybridized carbons (Fsp3) is 0.333. The van der Waals surface area contributed by atoms with Crippen molar-refractivity contribution in [1.82, 2.24) is 10.1 Å².